The average molecular weight is 198 g/mol. The molecule has 1 aromatic heterocycles. The third kappa shape index (κ3) is 3.53. The summed E-state index contributed by atoms with van der Waals surface area (Å²) in [4.78, 5) is 15.1. The molecule has 1 aromatic rings. The second kappa shape index (κ2) is 3.75. The summed E-state index contributed by atoms with van der Waals surface area (Å²) in [6, 6.07) is 0.108. The lowest BCUT2D eigenvalue weighted by Gasteiger charge is -2.16. The number of aryl methyl sites for hydroxylation is 1. The molecule has 0 atom stereocenters. The summed E-state index contributed by atoms with van der Waals surface area (Å²) in [5.41, 5.74) is 5.13. The number of amides is 1. The van der Waals surface area contributed by atoms with E-state index in [0.717, 1.165) is 0 Å². The van der Waals surface area contributed by atoms with E-state index in [0.29, 0.717) is 5.82 Å². The van der Waals surface area contributed by atoms with Crippen molar-refractivity contribution in [3.8, 4) is 0 Å². The first-order chi connectivity index (χ1) is 6.37. The van der Waals surface area contributed by atoms with Gasteiger partial charge in [0.2, 0.25) is 5.91 Å². The number of nitrogens with one attached hydrogen (secondary N) is 1. The van der Waals surface area contributed by atoms with Gasteiger partial charge in [0, 0.05) is 12.0 Å². The number of hydrogen-bond donors (Lipinski definition) is 2. The molecule has 6 heteroatoms. The first-order valence-electron chi connectivity index (χ1n) is 4.26. The number of anilines is 1. The van der Waals surface area contributed by atoms with Crippen molar-refractivity contribution in [2.75, 3.05) is 5.32 Å². The number of rotatable bonds is 3. The average Bonchev–Trinajstić information content (AvgIpc) is 2.30. The number of nitrogens with two attached hydrogens (primary N) is 1. The Morgan fingerprint density at radius 2 is 2.29 bits per heavy atom. The molecule has 0 radical (unpaired) electrons. The summed E-state index contributed by atoms with van der Waals surface area (Å²) in [5, 5.41) is 5.99. The van der Waals surface area contributed by atoms with Crippen LogP contribution in [0.5, 0.6) is 0 Å². The Kier molecular flexibility index (Phi) is 2.85. The monoisotopic (exact) mass is 198 g/mol. The van der Waals surface area contributed by atoms with Gasteiger partial charge in [-0.2, -0.15) is 4.98 Å². The highest BCUT2D eigenvalue weighted by Gasteiger charge is 2.17. The Labute approximate surface area is 81.9 Å². The molecule has 78 valence electrons. The van der Waals surface area contributed by atoms with E-state index in [-0.39, 0.29) is 18.3 Å². The summed E-state index contributed by atoms with van der Waals surface area (Å²) in [5.74, 6) is 0.244. The number of aromatic nitrogens is 2. The first kappa shape index (κ1) is 10.6. The minimum Gasteiger partial charge on any atom is -0.325 e. The maximum atomic E-state index is 11.3. The van der Waals surface area contributed by atoms with Crippen LogP contribution >= 0.6 is 0 Å². The molecule has 0 aliphatic carbocycles. The van der Waals surface area contributed by atoms with E-state index >= 15 is 0 Å². The highest BCUT2D eigenvalue weighted by molar-refractivity contribution is 5.89. The minimum absolute atomic E-state index is 0.108. The maximum Gasteiger partial charge on any atom is 0.328 e. The SMILES string of the molecule is Cc1noc(NC(=O)CC(C)(C)N)n1. The van der Waals surface area contributed by atoms with Crippen molar-refractivity contribution in [1.29, 1.82) is 0 Å². The Bertz CT molecular complexity index is 326. The molecule has 0 aromatic carbocycles. The maximum absolute atomic E-state index is 11.3. The van der Waals surface area contributed by atoms with Gasteiger partial charge >= 0.3 is 6.01 Å². The van der Waals surface area contributed by atoms with E-state index in [1.807, 2.05) is 0 Å². The lowest BCUT2D eigenvalue weighted by Crippen LogP contribution is -2.36. The van der Waals surface area contributed by atoms with Crippen molar-refractivity contribution in [1.82, 2.24) is 10.1 Å². The molecule has 0 aliphatic heterocycles. The molecule has 0 saturated heterocycles. The molecule has 0 spiro atoms. The standard InChI is InChI=1S/C8H14N4O2/c1-5-10-7(14-12-5)11-6(13)4-8(2,3)9/h4,9H2,1-3H3,(H,10,11,12,13). The fraction of sp³-hybridized carbons (Fsp3) is 0.625. The van der Waals surface area contributed by atoms with Gasteiger partial charge in [0.25, 0.3) is 0 Å². The summed E-state index contributed by atoms with van der Waals surface area (Å²) in [7, 11) is 0. The molecular formula is C8H14N4O2. The summed E-state index contributed by atoms with van der Waals surface area (Å²) < 4.78 is 4.72. The van der Waals surface area contributed by atoms with Crippen molar-refractivity contribution in [3.63, 3.8) is 0 Å². The van der Waals surface area contributed by atoms with Gasteiger partial charge in [0.1, 0.15) is 0 Å². The summed E-state index contributed by atoms with van der Waals surface area (Å²) in [6.07, 6.45) is 0.203. The lowest BCUT2D eigenvalue weighted by atomic mass is 10.0. The molecule has 6 nitrogen and oxygen atoms in total. The highest BCUT2D eigenvalue weighted by Crippen LogP contribution is 2.07. The second-order valence-corrected chi connectivity index (χ2v) is 3.86. The lowest BCUT2D eigenvalue weighted by molar-refractivity contribution is -0.117. The molecule has 1 amide bonds. The Balaban J connectivity index is 2.50. The van der Waals surface area contributed by atoms with Gasteiger partial charge in [0.05, 0.1) is 0 Å². The predicted molar refractivity (Wildman–Crippen MR) is 50.5 cm³/mol. The van der Waals surface area contributed by atoms with Gasteiger partial charge in [-0.1, -0.05) is 5.16 Å². The third-order valence-electron chi connectivity index (χ3n) is 1.39. The van der Waals surface area contributed by atoms with Crippen LogP contribution in [0.1, 0.15) is 26.1 Å². The van der Waals surface area contributed by atoms with Crippen LogP contribution in [0.4, 0.5) is 6.01 Å². The minimum atomic E-state index is -0.543. The molecule has 0 fully saturated rings. The highest BCUT2D eigenvalue weighted by atomic mass is 16.5. The topological polar surface area (TPSA) is 94.0 Å². The zero-order chi connectivity index (χ0) is 10.8. The molecule has 0 saturated carbocycles. The van der Waals surface area contributed by atoms with E-state index in [1.54, 1.807) is 20.8 Å². The molecular weight excluding hydrogens is 184 g/mol. The van der Waals surface area contributed by atoms with Crippen LogP contribution < -0.4 is 11.1 Å². The zero-order valence-corrected chi connectivity index (χ0v) is 8.50. The molecule has 0 unspecified atom stereocenters. The molecule has 1 rings (SSSR count). The number of nitrogens with zero attached hydrogens (tertiary/aromatic N) is 2. The van der Waals surface area contributed by atoms with Gasteiger partial charge in [0.15, 0.2) is 5.82 Å². The number of carbonyl (C=O) groups is 1. The molecule has 14 heavy (non-hydrogen) atoms. The fourth-order valence-electron chi connectivity index (χ4n) is 0.925. The van der Waals surface area contributed by atoms with Gasteiger partial charge < -0.3 is 10.3 Å². The molecule has 0 bridgehead atoms. The predicted octanol–water partition coefficient (Wildman–Crippen LogP) is 0.444. The van der Waals surface area contributed by atoms with Crippen LogP contribution in [0.25, 0.3) is 0 Å². The largest absolute Gasteiger partial charge is 0.328 e. The van der Waals surface area contributed by atoms with Gasteiger partial charge in [-0.05, 0) is 20.8 Å². The Morgan fingerprint density at radius 1 is 1.64 bits per heavy atom. The van der Waals surface area contributed by atoms with Gasteiger partial charge in [-0.25, -0.2) is 0 Å². The Morgan fingerprint density at radius 3 is 2.71 bits per heavy atom. The number of carbonyl (C=O) groups excluding carboxylic acids is 1. The summed E-state index contributed by atoms with van der Waals surface area (Å²) >= 11 is 0. The van der Waals surface area contributed by atoms with E-state index in [9.17, 15) is 4.79 Å². The molecule has 1 heterocycles. The van der Waals surface area contributed by atoms with Crippen molar-refractivity contribution in [2.24, 2.45) is 5.73 Å². The van der Waals surface area contributed by atoms with E-state index in [1.165, 1.54) is 0 Å². The fourth-order valence-corrected chi connectivity index (χ4v) is 0.925. The van der Waals surface area contributed by atoms with Crippen LogP contribution in [0.15, 0.2) is 4.52 Å². The first-order valence-corrected chi connectivity index (χ1v) is 4.26. The van der Waals surface area contributed by atoms with Crippen LogP contribution in [0, 0.1) is 6.92 Å². The van der Waals surface area contributed by atoms with Gasteiger partial charge in [-0.15, -0.1) is 0 Å². The van der Waals surface area contributed by atoms with Crippen LogP contribution in [0.3, 0.4) is 0 Å². The van der Waals surface area contributed by atoms with E-state index in [4.69, 9.17) is 10.3 Å². The van der Waals surface area contributed by atoms with Crippen LogP contribution in [-0.2, 0) is 4.79 Å². The number of hydrogen-bond acceptors (Lipinski definition) is 5. The molecule has 3 N–H and O–H groups in total. The van der Waals surface area contributed by atoms with Crippen molar-refractivity contribution in [3.05, 3.63) is 5.82 Å². The zero-order valence-electron chi connectivity index (χ0n) is 8.50. The summed E-state index contributed by atoms with van der Waals surface area (Å²) in [6.45, 7) is 5.21. The van der Waals surface area contributed by atoms with Crippen LogP contribution in [0.2, 0.25) is 0 Å². The molecule has 0 aliphatic rings. The van der Waals surface area contributed by atoms with Crippen molar-refractivity contribution >= 4 is 11.9 Å². The normalized spacial score (nSPS) is 11.4. The van der Waals surface area contributed by atoms with Crippen molar-refractivity contribution < 1.29 is 9.32 Å². The quantitative estimate of drug-likeness (QED) is 0.735. The van der Waals surface area contributed by atoms with E-state index in [2.05, 4.69) is 15.5 Å². The third-order valence-corrected chi connectivity index (χ3v) is 1.39. The van der Waals surface area contributed by atoms with Crippen molar-refractivity contribution in [2.45, 2.75) is 32.7 Å². The second-order valence-electron chi connectivity index (χ2n) is 3.86. The van der Waals surface area contributed by atoms with Gasteiger partial charge in [-0.3, -0.25) is 10.1 Å². The smallest absolute Gasteiger partial charge is 0.325 e. The van der Waals surface area contributed by atoms with Crippen LogP contribution in [-0.4, -0.2) is 21.6 Å². The van der Waals surface area contributed by atoms with E-state index < -0.39 is 5.54 Å². The Hall–Kier alpha value is -1.43.